The molecule has 2 heteroatoms. The minimum atomic E-state index is -0.0926. The van der Waals surface area contributed by atoms with E-state index in [4.69, 9.17) is 10.00 Å². The number of rotatable bonds is 0. The molecule has 0 aromatic carbocycles. The van der Waals surface area contributed by atoms with E-state index in [2.05, 4.69) is 0 Å². The molecule has 0 radical (unpaired) electrons. The van der Waals surface area contributed by atoms with Crippen molar-refractivity contribution >= 4 is 0 Å². The Bertz CT molecular complexity index is 94.2. The summed E-state index contributed by atoms with van der Waals surface area (Å²) < 4.78 is 4.70. The molecule has 2 unspecified atom stereocenters. The Labute approximate surface area is 36.3 Å². The van der Waals surface area contributed by atoms with Crippen LogP contribution < -0.4 is 0 Å². The summed E-state index contributed by atoms with van der Waals surface area (Å²) in [5.41, 5.74) is 0. The second-order valence-electron chi connectivity index (χ2n) is 1.39. The van der Waals surface area contributed by atoms with Crippen molar-refractivity contribution in [2.24, 2.45) is 0 Å². The third-order valence-corrected chi connectivity index (χ3v) is 0.838. The van der Waals surface area contributed by atoms with Gasteiger partial charge in [-0.2, -0.15) is 5.26 Å². The van der Waals surface area contributed by atoms with Gasteiger partial charge in [-0.3, -0.25) is 0 Å². The summed E-state index contributed by atoms with van der Waals surface area (Å²) in [5, 5.41) is 8.00. The summed E-state index contributed by atoms with van der Waals surface area (Å²) in [6.45, 7) is 1.88. The van der Waals surface area contributed by atoms with Crippen LogP contribution in [-0.2, 0) is 4.74 Å². The van der Waals surface area contributed by atoms with E-state index in [-0.39, 0.29) is 12.2 Å². The summed E-state index contributed by atoms with van der Waals surface area (Å²) in [6, 6.07) is 1.97. The smallest absolute Gasteiger partial charge is 0.170 e. The van der Waals surface area contributed by atoms with Crippen molar-refractivity contribution in [1.82, 2.24) is 0 Å². The fourth-order valence-electron chi connectivity index (χ4n) is 0.321. The quantitative estimate of drug-likeness (QED) is 0.395. The second-order valence-corrected chi connectivity index (χ2v) is 1.39. The van der Waals surface area contributed by atoms with E-state index in [1.165, 1.54) is 0 Å². The first-order valence-electron chi connectivity index (χ1n) is 1.89. The van der Waals surface area contributed by atoms with Crippen LogP contribution in [0.2, 0.25) is 0 Å². The summed E-state index contributed by atoms with van der Waals surface area (Å²) in [6.07, 6.45) is 0.111. The maximum Gasteiger partial charge on any atom is 0.170 e. The molecule has 1 aliphatic heterocycles. The molecule has 1 heterocycles. The highest BCUT2D eigenvalue weighted by Crippen LogP contribution is 2.18. The van der Waals surface area contributed by atoms with Gasteiger partial charge >= 0.3 is 0 Å². The summed E-state index contributed by atoms with van der Waals surface area (Å²) in [4.78, 5) is 0. The largest absolute Gasteiger partial charge is 0.354 e. The zero-order chi connectivity index (χ0) is 4.57. The van der Waals surface area contributed by atoms with Crippen molar-refractivity contribution in [3.05, 3.63) is 0 Å². The first-order chi connectivity index (χ1) is 2.84. The molecule has 1 rings (SSSR count). The average Bonchev–Trinajstić information content (AvgIpc) is 2.19. The molecule has 1 fully saturated rings. The number of nitriles is 1. The fraction of sp³-hybridized carbons (Fsp3) is 0.750. The van der Waals surface area contributed by atoms with E-state index >= 15 is 0 Å². The molecular weight excluding hydrogens is 78.0 g/mol. The van der Waals surface area contributed by atoms with Gasteiger partial charge in [0.25, 0.3) is 0 Å². The topological polar surface area (TPSA) is 36.3 Å². The van der Waals surface area contributed by atoms with Crippen molar-refractivity contribution in [3.8, 4) is 6.07 Å². The Morgan fingerprint density at radius 2 is 2.33 bits per heavy atom. The molecular formula is C4H5NO. The number of ether oxygens (including phenoxy) is 1. The average molecular weight is 83.1 g/mol. The van der Waals surface area contributed by atoms with Crippen LogP contribution in [0.4, 0.5) is 0 Å². The summed E-state index contributed by atoms with van der Waals surface area (Å²) >= 11 is 0. The van der Waals surface area contributed by atoms with Crippen LogP contribution in [0.15, 0.2) is 0 Å². The van der Waals surface area contributed by atoms with Crippen molar-refractivity contribution in [3.63, 3.8) is 0 Å². The zero-order valence-corrected chi connectivity index (χ0v) is 3.51. The molecule has 2 atom stereocenters. The molecule has 6 heavy (non-hydrogen) atoms. The lowest BCUT2D eigenvalue weighted by atomic mass is 10.4. The van der Waals surface area contributed by atoms with Gasteiger partial charge in [0.1, 0.15) is 0 Å². The predicted octanol–water partition coefficient (Wildman–Crippen LogP) is 0.297. The highest BCUT2D eigenvalue weighted by atomic mass is 16.6. The molecule has 0 N–H and O–H groups in total. The van der Waals surface area contributed by atoms with Gasteiger partial charge in [0.2, 0.25) is 0 Å². The van der Waals surface area contributed by atoms with E-state index < -0.39 is 0 Å². The molecule has 0 aliphatic carbocycles. The van der Waals surface area contributed by atoms with Crippen molar-refractivity contribution in [2.75, 3.05) is 0 Å². The van der Waals surface area contributed by atoms with Crippen LogP contribution in [0.25, 0.3) is 0 Å². The molecule has 0 aromatic rings. The highest BCUT2D eigenvalue weighted by molar-refractivity contribution is 4.99. The minimum Gasteiger partial charge on any atom is -0.354 e. The first-order valence-corrected chi connectivity index (χ1v) is 1.89. The highest BCUT2D eigenvalue weighted by Gasteiger charge is 2.33. The lowest BCUT2D eigenvalue weighted by Gasteiger charge is -1.55. The van der Waals surface area contributed by atoms with Crippen LogP contribution >= 0.6 is 0 Å². The van der Waals surface area contributed by atoms with Gasteiger partial charge in [-0.15, -0.1) is 0 Å². The van der Waals surface area contributed by atoms with Gasteiger partial charge in [0.05, 0.1) is 12.2 Å². The van der Waals surface area contributed by atoms with Crippen molar-refractivity contribution in [1.29, 1.82) is 5.26 Å². The molecule has 0 bridgehead atoms. The van der Waals surface area contributed by atoms with Crippen LogP contribution in [-0.4, -0.2) is 12.2 Å². The van der Waals surface area contributed by atoms with Gasteiger partial charge in [-0.25, -0.2) is 0 Å². The van der Waals surface area contributed by atoms with Crippen LogP contribution in [0.5, 0.6) is 0 Å². The molecule has 0 aromatic heterocycles. The molecule has 0 amide bonds. The van der Waals surface area contributed by atoms with Crippen LogP contribution in [0.1, 0.15) is 6.92 Å². The molecule has 32 valence electrons. The van der Waals surface area contributed by atoms with E-state index in [1.54, 1.807) is 0 Å². The SMILES string of the molecule is CC1OC1C#N. The Balaban J connectivity index is 2.31. The fourth-order valence-corrected chi connectivity index (χ4v) is 0.321. The molecule has 1 aliphatic rings. The van der Waals surface area contributed by atoms with E-state index in [1.807, 2.05) is 13.0 Å². The van der Waals surface area contributed by atoms with Crippen LogP contribution in [0.3, 0.4) is 0 Å². The minimum absolute atomic E-state index is 0.0926. The predicted molar refractivity (Wildman–Crippen MR) is 19.9 cm³/mol. The Kier molecular flexibility index (Phi) is 0.578. The van der Waals surface area contributed by atoms with Gasteiger partial charge in [0.15, 0.2) is 6.10 Å². The van der Waals surface area contributed by atoms with Crippen molar-refractivity contribution in [2.45, 2.75) is 19.1 Å². The maximum absolute atomic E-state index is 8.00. The lowest BCUT2D eigenvalue weighted by molar-refractivity contribution is 0.402. The number of nitrogens with zero attached hydrogens (tertiary/aromatic N) is 1. The van der Waals surface area contributed by atoms with Gasteiger partial charge in [0, 0.05) is 0 Å². The summed E-state index contributed by atoms with van der Waals surface area (Å²) in [5.74, 6) is 0. The van der Waals surface area contributed by atoms with Crippen molar-refractivity contribution < 1.29 is 4.74 Å². The third-order valence-electron chi connectivity index (χ3n) is 0.838. The van der Waals surface area contributed by atoms with Gasteiger partial charge in [-0.1, -0.05) is 0 Å². The number of hydrogen-bond acceptors (Lipinski definition) is 2. The third kappa shape index (κ3) is 0.373. The van der Waals surface area contributed by atoms with Gasteiger partial charge in [-0.05, 0) is 6.92 Å². The molecule has 0 saturated carbocycles. The van der Waals surface area contributed by atoms with Crippen LogP contribution in [0, 0.1) is 11.3 Å². The Hall–Kier alpha value is -0.550. The van der Waals surface area contributed by atoms with E-state index in [9.17, 15) is 0 Å². The Morgan fingerprint density at radius 1 is 1.83 bits per heavy atom. The molecule has 1 saturated heterocycles. The standard InChI is InChI=1S/C4H5NO/c1-3-4(2-5)6-3/h3-4H,1H3. The summed E-state index contributed by atoms with van der Waals surface area (Å²) in [7, 11) is 0. The number of hydrogen-bond donors (Lipinski definition) is 0. The zero-order valence-electron chi connectivity index (χ0n) is 3.51. The van der Waals surface area contributed by atoms with E-state index in [0.29, 0.717) is 0 Å². The lowest BCUT2D eigenvalue weighted by Crippen LogP contribution is -1.78. The second kappa shape index (κ2) is 0.954. The Morgan fingerprint density at radius 3 is 2.33 bits per heavy atom. The molecule has 0 spiro atoms. The van der Waals surface area contributed by atoms with Gasteiger partial charge < -0.3 is 4.74 Å². The normalized spacial score (nSPS) is 41.3. The number of epoxide rings is 1. The van der Waals surface area contributed by atoms with E-state index in [0.717, 1.165) is 0 Å². The monoisotopic (exact) mass is 83.0 g/mol. The molecule has 2 nitrogen and oxygen atoms in total. The first kappa shape index (κ1) is 3.63. The maximum atomic E-state index is 8.00.